The lowest BCUT2D eigenvalue weighted by atomic mass is 10.0. The van der Waals surface area contributed by atoms with Crippen molar-refractivity contribution in [2.45, 2.75) is 37.8 Å². The summed E-state index contributed by atoms with van der Waals surface area (Å²) in [5.41, 5.74) is 1.79. The summed E-state index contributed by atoms with van der Waals surface area (Å²) in [5.74, 6) is 1.61. The van der Waals surface area contributed by atoms with Crippen LogP contribution in [-0.4, -0.2) is 57.5 Å². The number of allylic oxidation sites excluding steroid dienone is 2. The van der Waals surface area contributed by atoms with Crippen LogP contribution in [0, 0.1) is 0 Å². The molecule has 8 nitrogen and oxygen atoms in total. The largest absolute Gasteiger partial charge is 0.497 e. The normalized spacial score (nSPS) is 13.8. The molecule has 1 aliphatic rings. The Morgan fingerprint density at radius 2 is 2.14 bits per heavy atom. The summed E-state index contributed by atoms with van der Waals surface area (Å²) in [6.45, 7) is 2.67. The third-order valence-electron chi connectivity index (χ3n) is 4.61. The summed E-state index contributed by atoms with van der Waals surface area (Å²) in [4.78, 5) is 14.6. The average molecular weight is 404 g/mol. The van der Waals surface area contributed by atoms with E-state index in [-0.39, 0.29) is 11.7 Å². The minimum Gasteiger partial charge on any atom is -0.497 e. The monoisotopic (exact) mass is 403 g/mol. The third-order valence-corrected chi connectivity index (χ3v) is 5.51. The van der Waals surface area contributed by atoms with E-state index in [9.17, 15) is 4.79 Å². The molecule has 0 saturated carbocycles. The molecule has 1 heterocycles. The Labute approximate surface area is 168 Å². The highest BCUT2D eigenvalue weighted by atomic mass is 32.2. The van der Waals surface area contributed by atoms with Crippen molar-refractivity contribution in [2.75, 3.05) is 26.5 Å². The SMILES string of the molecule is CCN(C(=O)CSc1nnnn1-c1cc(OC)ccc1OC)C1=CCCCC1. The lowest BCUT2D eigenvalue weighted by molar-refractivity contribution is -0.126. The van der Waals surface area contributed by atoms with Crippen molar-refractivity contribution in [3.05, 3.63) is 30.0 Å². The number of rotatable bonds is 8. The van der Waals surface area contributed by atoms with Crippen molar-refractivity contribution in [1.82, 2.24) is 25.1 Å². The Balaban J connectivity index is 1.76. The topological polar surface area (TPSA) is 82.4 Å². The second kappa shape index (κ2) is 9.59. The number of carbonyl (C=O) groups is 1. The van der Waals surface area contributed by atoms with Crippen molar-refractivity contribution >= 4 is 17.7 Å². The number of carbonyl (C=O) groups excluding carboxylic acids is 1. The number of hydrogen-bond acceptors (Lipinski definition) is 7. The second-order valence-corrected chi connectivity index (χ2v) is 7.22. The van der Waals surface area contributed by atoms with Crippen LogP contribution < -0.4 is 9.47 Å². The molecule has 150 valence electrons. The van der Waals surface area contributed by atoms with Crippen LogP contribution in [0.5, 0.6) is 11.5 Å². The fourth-order valence-electron chi connectivity index (χ4n) is 3.19. The standard InChI is InChI=1S/C19H25N5O3S/c1-4-23(14-8-6-5-7-9-14)18(25)13-28-19-20-21-22-24(19)16-12-15(26-2)10-11-17(16)27-3/h8,10-12H,4-7,9,13H2,1-3H3. The van der Waals surface area contributed by atoms with Crippen molar-refractivity contribution in [2.24, 2.45) is 0 Å². The minimum absolute atomic E-state index is 0.0628. The number of ether oxygens (including phenoxy) is 2. The molecule has 0 unspecified atom stereocenters. The fraction of sp³-hybridized carbons (Fsp3) is 0.474. The van der Waals surface area contributed by atoms with Gasteiger partial charge in [0.05, 0.1) is 20.0 Å². The number of methoxy groups -OCH3 is 2. The van der Waals surface area contributed by atoms with Crippen LogP contribution in [0.1, 0.15) is 32.6 Å². The van der Waals surface area contributed by atoms with Crippen molar-refractivity contribution in [3.8, 4) is 17.2 Å². The number of thioether (sulfide) groups is 1. The maximum Gasteiger partial charge on any atom is 0.237 e. The number of benzene rings is 1. The van der Waals surface area contributed by atoms with Crippen LogP contribution in [0.15, 0.2) is 35.1 Å². The van der Waals surface area contributed by atoms with Crippen molar-refractivity contribution < 1.29 is 14.3 Å². The van der Waals surface area contributed by atoms with Crippen LogP contribution in [0.4, 0.5) is 0 Å². The Morgan fingerprint density at radius 1 is 1.29 bits per heavy atom. The van der Waals surface area contributed by atoms with E-state index in [1.165, 1.54) is 18.2 Å². The van der Waals surface area contributed by atoms with E-state index in [4.69, 9.17) is 9.47 Å². The molecule has 0 aliphatic heterocycles. The Morgan fingerprint density at radius 3 is 2.82 bits per heavy atom. The first kappa shape index (κ1) is 20.2. The maximum absolute atomic E-state index is 12.8. The zero-order valence-corrected chi connectivity index (χ0v) is 17.2. The molecule has 1 aromatic carbocycles. The van der Waals surface area contributed by atoms with Crippen molar-refractivity contribution in [1.29, 1.82) is 0 Å². The van der Waals surface area contributed by atoms with Crippen LogP contribution in [-0.2, 0) is 4.79 Å². The van der Waals surface area contributed by atoms with Gasteiger partial charge in [0.25, 0.3) is 0 Å². The number of amides is 1. The lowest BCUT2D eigenvalue weighted by Crippen LogP contribution is -2.32. The van der Waals surface area contributed by atoms with E-state index >= 15 is 0 Å². The molecule has 0 N–H and O–H groups in total. The number of aromatic nitrogens is 4. The molecule has 0 atom stereocenters. The highest BCUT2D eigenvalue weighted by Gasteiger charge is 2.20. The zero-order chi connectivity index (χ0) is 19.9. The van der Waals surface area contributed by atoms with E-state index in [0.29, 0.717) is 28.9 Å². The van der Waals surface area contributed by atoms with E-state index < -0.39 is 0 Å². The summed E-state index contributed by atoms with van der Waals surface area (Å²) in [5, 5.41) is 12.4. The molecule has 0 radical (unpaired) electrons. The molecule has 28 heavy (non-hydrogen) atoms. The summed E-state index contributed by atoms with van der Waals surface area (Å²) in [6.07, 6.45) is 6.52. The predicted octanol–water partition coefficient (Wildman–Crippen LogP) is 3.08. The van der Waals surface area contributed by atoms with Crippen LogP contribution in [0.25, 0.3) is 5.69 Å². The summed E-state index contributed by atoms with van der Waals surface area (Å²) in [7, 11) is 3.18. The van der Waals surface area contributed by atoms with Gasteiger partial charge in [0.2, 0.25) is 11.1 Å². The Kier molecular flexibility index (Phi) is 6.91. The molecular weight excluding hydrogens is 378 g/mol. The second-order valence-electron chi connectivity index (χ2n) is 6.28. The van der Waals surface area contributed by atoms with Gasteiger partial charge in [-0.3, -0.25) is 4.79 Å². The van der Waals surface area contributed by atoms with Crippen LogP contribution >= 0.6 is 11.8 Å². The predicted molar refractivity (Wildman–Crippen MR) is 107 cm³/mol. The summed E-state index contributed by atoms with van der Waals surface area (Å²) < 4.78 is 12.3. The van der Waals surface area contributed by atoms with Gasteiger partial charge in [-0.05, 0) is 55.2 Å². The van der Waals surface area contributed by atoms with Gasteiger partial charge in [-0.2, -0.15) is 4.68 Å². The molecule has 1 aliphatic carbocycles. The first-order valence-electron chi connectivity index (χ1n) is 9.31. The van der Waals surface area contributed by atoms with Gasteiger partial charge in [0, 0.05) is 18.3 Å². The number of nitrogens with zero attached hydrogens (tertiary/aromatic N) is 5. The maximum atomic E-state index is 12.8. The third kappa shape index (κ3) is 4.46. The molecule has 9 heteroatoms. The first-order valence-corrected chi connectivity index (χ1v) is 10.3. The molecule has 3 rings (SSSR count). The minimum atomic E-state index is 0.0628. The quantitative estimate of drug-likeness (QED) is 0.627. The summed E-state index contributed by atoms with van der Waals surface area (Å²) in [6, 6.07) is 5.40. The average Bonchev–Trinajstić information content (AvgIpc) is 3.21. The molecule has 1 amide bonds. The van der Waals surface area contributed by atoms with Crippen LogP contribution in [0.3, 0.4) is 0 Å². The van der Waals surface area contributed by atoms with Gasteiger partial charge in [-0.1, -0.05) is 17.8 Å². The van der Waals surface area contributed by atoms with E-state index in [1.54, 1.807) is 37.1 Å². The molecular formula is C19H25N5O3S. The van der Waals surface area contributed by atoms with Gasteiger partial charge in [-0.25, -0.2) is 0 Å². The molecule has 0 spiro atoms. The van der Waals surface area contributed by atoms with E-state index in [0.717, 1.165) is 25.0 Å². The van der Waals surface area contributed by atoms with Gasteiger partial charge < -0.3 is 14.4 Å². The van der Waals surface area contributed by atoms with Gasteiger partial charge in [0.1, 0.15) is 17.2 Å². The van der Waals surface area contributed by atoms with Gasteiger partial charge >= 0.3 is 0 Å². The lowest BCUT2D eigenvalue weighted by Gasteiger charge is -2.26. The zero-order valence-electron chi connectivity index (χ0n) is 16.4. The number of hydrogen-bond donors (Lipinski definition) is 0. The summed E-state index contributed by atoms with van der Waals surface area (Å²) >= 11 is 1.31. The Bertz CT molecular complexity index is 852. The molecule has 0 saturated heterocycles. The van der Waals surface area contributed by atoms with E-state index in [1.807, 2.05) is 11.8 Å². The van der Waals surface area contributed by atoms with Gasteiger partial charge in [0.15, 0.2) is 0 Å². The Hall–Kier alpha value is -2.55. The van der Waals surface area contributed by atoms with Crippen molar-refractivity contribution in [3.63, 3.8) is 0 Å². The number of tetrazole rings is 1. The van der Waals surface area contributed by atoms with E-state index in [2.05, 4.69) is 21.6 Å². The molecule has 1 aromatic heterocycles. The molecule has 0 bridgehead atoms. The van der Waals surface area contributed by atoms with Gasteiger partial charge in [-0.15, -0.1) is 5.10 Å². The van der Waals surface area contributed by atoms with Crippen LogP contribution in [0.2, 0.25) is 0 Å². The fourth-order valence-corrected chi connectivity index (χ4v) is 3.95. The highest BCUT2D eigenvalue weighted by molar-refractivity contribution is 7.99. The smallest absolute Gasteiger partial charge is 0.237 e. The molecule has 2 aromatic rings. The molecule has 0 fully saturated rings. The first-order chi connectivity index (χ1) is 13.7. The highest BCUT2D eigenvalue weighted by Crippen LogP contribution is 2.30.